The molecule has 6 nitrogen and oxygen atoms in total. The Morgan fingerprint density at radius 1 is 1.18 bits per heavy atom. The molecule has 1 N–H and O–H groups in total. The van der Waals surface area contributed by atoms with Gasteiger partial charge in [0.25, 0.3) is 0 Å². The van der Waals surface area contributed by atoms with E-state index in [0.717, 1.165) is 41.9 Å². The summed E-state index contributed by atoms with van der Waals surface area (Å²) >= 11 is 0. The number of carbonyl (C=O) groups is 1. The molecule has 2 aliphatic heterocycles. The number of aryl methyl sites for hydroxylation is 1. The first-order valence-corrected chi connectivity index (χ1v) is 12.1. The molecule has 0 spiro atoms. The zero-order valence-electron chi connectivity index (χ0n) is 20.3. The van der Waals surface area contributed by atoms with Crippen molar-refractivity contribution in [3.05, 3.63) is 59.0 Å². The predicted octanol–water partition coefficient (Wildman–Crippen LogP) is 5.47. The van der Waals surface area contributed by atoms with Crippen molar-refractivity contribution in [1.82, 2.24) is 9.47 Å². The van der Waals surface area contributed by atoms with Gasteiger partial charge in [-0.25, -0.2) is 0 Å². The van der Waals surface area contributed by atoms with Gasteiger partial charge in [-0.3, -0.25) is 9.69 Å². The Balaban J connectivity index is 1.51. The Morgan fingerprint density at radius 3 is 2.65 bits per heavy atom. The van der Waals surface area contributed by atoms with Crippen molar-refractivity contribution >= 4 is 22.8 Å². The molecule has 1 fully saturated rings. The number of ketones is 1. The van der Waals surface area contributed by atoms with E-state index >= 15 is 0 Å². The van der Waals surface area contributed by atoms with E-state index in [2.05, 4.69) is 30.2 Å². The molecule has 1 saturated heterocycles. The second-order valence-corrected chi connectivity index (χ2v) is 9.77. The quantitative estimate of drug-likeness (QED) is 0.512. The van der Waals surface area contributed by atoms with Crippen molar-refractivity contribution in [3.63, 3.8) is 0 Å². The van der Waals surface area contributed by atoms with Gasteiger partial charge in [-0.15, -0.1) is 0 Å². The number of aromatic nitrogens is 1. The van der Waals surface area contributed by atoms with Crippen LogP contribution in [0.3, 0.4) is 0 Å². The number of likely N-dealkylation sites (tertiary alicyclic amines) is 1. The maximum atomic E-state index is 13.3. The van der Waals surface area contributed by atoms with Gasteiger partial charge >= 0.3 is 0 Å². The maximum absolute atomic E-state index is 13.3. The first-order valence-electron chi connectivity index (χ1n) is 12.1. The number of nitrogens with zero attached hydrogens (tertiary/aromatic N) is 2. The Bertz CT molecular complexity index is 1280. The van der Waals surface area contributed by atoms with E-state index in [1.165, 1.54) is 6.42 Å². The van der Waals surface area contributed by atoms with Gasteiger partial charge in [0.2, 0.25) is 5.78 Å². The van der Waals surface area contributed by atoms with E-state index in [9.17, 15) is 9.90 Å². The molecule has 5 rings (SSSR count). The minimum Gasteiger partial charge on any atom is -0.507 e. The molecule has 0 amide bonds. The Kier molecular flexibility index (Phi) is 5.86. The standard InChI is InChI=1S/C28H32N2O4/c1-5-30-15-19(22-12-20(33-4)6-8-24(22)30)11-26-27(32)21-7-9-25(31)23(28(21)34-26)16-29-13-17(2)10-18(3)14-29/h6-9,11-12,15,17-18,31H,5,10,13-14,16H2,1-4H3/t17-,18-/m0/s1. The van der Waals surface area contributed by atoms with Gasteiger partial charge in [0.15, 0.2) is 5.76 Å². The lowest BCUT2D eigenvalue weighted by Gasteiger charge is -2.35. The molecule has 2 atom stereocenters. The number of piperidine rings is 1. The SMILES string of the molecule is CCn1cc(C=C2Oc3c(ccc(O)c3CN3C[C@@H](C)C[C@H](C)C3)C2=O)c2cc(OC)ccc21. The number of rotatable bonds is 5. The second kappa shape index (κ2) is 8.84. The fourth-order valence-electron chi connectivity index (χ4n) is 5.54. The zero-order valence-corrected chi connectivity index (χ0v) is 20.3. The van der Waals surface area contributed by atoms with Crippen molar-refractivity contribution in [2.75, 3.05) is 20.2 Å². The lowest BCUT2D eigenvalue weighted by Crippen LogP contribution is -2.38. The summed E-state index contributed by atoms with van der Waals surface area (Å²) in [6, 6.07) is 9.23. The highest BCUT2D eigenvalue weighted by atomic mass is 16.5. The van der Waals surface area contributed by atoms with Crippen molar-refractivity contribution in [2.45, 2.75) is 40.3 Å². The monoisotopic (exact) mass is 460 g/mol. The van der Waals surface area contributed by atoms with E-state index < -0.39 is 0 Å². The van der Waals surface area contributed by atoms with Crippen LogP contribution in [-0.4, -0.2) is 40.6 Å². The number of carbonyl (C=O) groups excluding carboxylic acids is 1. The number of benzene rings is 2. The molecule has 3 aromatic rings. The largest absolute Gasteiger partial charge is 0.507 e. The molecule has 3 heterocycles. The predicted molar refractivity (Wildman–Crippen MR) is 133 cm³/mol. The van der Waals surface area contributed by atoms with Crippen LogP contribution in [0, 0.1) is 11.8 Å². The third-order valence-electron chi connectivity index (χ3n) is 6.99. The molecule has 0 radical (unpaired) electrons. The molecule has 0 aliphatic carbocycles. The fourth-order valence-corrected chi connectivity index (χ4v) is 5.54. The summed E-state index contributed by atoms with van der Waals surface area (Å²) in [6.07, 6.45) is 5.06. The van der Waals surface area contributed by atoms with Crippen molar-refractivity contribution < 1.29 is 19.4 Å². The molecule has 1 aromatic heterocycles. The molecule has 0 unspecified atom stereocenters. The lowest BCUT2D eigenvalue weighted by atomic mass is 9.91. The third-order valence-corrected chi connectivity index (χ3v) is 6.99. The van der Waals surface area contributed by atoms with Crippen molar-refractivity contribution in [2.24, 2.45) is 11.8 Å². The summed E-state index contributed by atoms with van der Waals surface area (Å²) in [5.41, 5.74) is 3.17. The van der Waals surface area contributed by atoms with Gasteiger partial charge in [-0.2, -0.15) is 0 Å². The number of Topliss-reactive ketones (excluding diaryl/α,β-unsaturated/α-hetero) is 1. The van der Waals surface area contributed by atoms with Crippen LogP contribution in [0.5, 0.6) is 17.2 Å². The first-order chi connectivity index (χ1) is 16.4. The molecule has 0 saturated carbocycles. The summed E-state index contributed by atoms with van der Waals surface area (Å²) in [4.78, 5) is 15.6. The van der Waals surface area contributed by atoms with Crippen molar-refractivity contribution in [1.29, 1.82) is 0 Å². The van der Waals surface area contributed by atoms with E-state index in [1.54, 1.807) is 19.2 Å². The van der Waals surface area contributed by atoms with Gasteiger partial charge < -0.3 is 19.1 Å². The van der Waals surface area contributed by atoms with Crippen LogP contribution in [0.15, 0.2) is 42.3 Å². The molecule has 2 aliphatic rings. The van der Waals surface area contributed by atoms with Crippen LogP contribution in [0.4, 0.5) is 0 Å². The molecule has 6 heteroatoms. The van der Waals surface area contributed by atoms with Crippen LogP contribution < -0.4 is 9.47 Å². The highest BCUT2D eigenvalue weighted by Gasteiger charge is 2.33. The van der Waals surface area contributed by atoms with Crippen LogP contribution in [0.1, 0.15) is 48.7 Å². The van der Waals surface area contributed by atoms with Gasteiger partial charge in [0.1, 0.15) is 17.2 Å². The Morgan fingerprint density at radius 2 is 1.94 bits per heavy atom. The van der Waals surface area contributed by atoms with Crippen LogP contribution in [0.25, 0.3) is 17.0 Å². The summed E-state index contributed by atoms with van der Waals surface area (Å²) in [5.74, 6) is 2.75. The van der Waals surface area contributed by atoms with Crippen LogP contribution in [-0.2, 0) is 13.1 Å². The molecule has 2 aromatic carbocycles. The number of fused-ring (bicyclic) bond motifs is 2. The Hall–Kier alpha value is -3.25. The smallest absolute Gasteiger partial charge is 0.231 e. The van der Waals surface area contributed by atoms with Gasteiger partial charge in [0, 0.05) is 48.8 Å². The lowest BCUT2D eigenvalue weighted by molar-refractivity contribution is 0.101. The summed E-state index contributed by atoms with van der Waals surface area (Å²) < 4.78 is 13.7. The van der Waals surface area contributed by atoms with E-state index in [-0.39, 0.29) is 17.3 Å². The van der Waals surface area contributed by atoms with E-state index in [4.69, 9.17) is 9.47 Å². The number of methoxy groups -OCH3 is 1. The second-order valence-electron chi connectivity index (χ2n) is 9.77. The first kappa shape index (κ1) is 22.5. The zero-order chi connectivity index (χ0) is 24.0. The summed E-state index contributed by atoms with van der Waals surface area (Å²) in [6.45, 7) is 9.94. The number of phenolic OH excluding ortho intramolecular Hbond substituents is 1. The average Bonchev–Trinajstić information content (AvgIpc) is 3.32. The minimum absolute atomic E-state index is 0.156. The number of phenols is 1. The highest BCUT2D eigenvalue weighted by Crippen LogP contribution is 2.41. The number of ether oxygens (including phenoxy) is 2. The number of hydrogen-bond acceptors (Lipinski definition) is 5. The van der Waals surface area contributed by atoms with Gasteiger partial charge in [0.05, 0.1) is 18.2 Å². The van der Waals surface area contributed by atoms with Crippen LogP contribution in [0.2, 0.25) is 0 Å². The molecule has 178 valence electrons. The van der Waals surface area contributed by atoms with Crippen LogP contribution >= 0.6 is 0 Å². The van der Waals surface area contributed by atoms with E-state index in [1.807, 2.05) is 30.5 Å². The highest BCUT2D eigenvalue weighted by molar-refractivity contribution is 6.15. The van der Waals surface area contributed by atoms with Gasteiger partial charge in [-0.1, -0.05) is 13.8 Å². The topological polar surface area (TPSA) is 63.9 Å². The molecular formula is C28H32N2O4. The molecule has 34 heavy (non-hydrogen) atoms. The van der Waals surface area contributed by atoms with Crippen molar-refractivity contribution in [3.8, 4) is 17.2 Å². The number of aromatic hydroxyl groups is 1. The van der Waals surface area contributed by atoms with E-state index in [0.29, 0.717) is 35.3 Å². The fraction of sp³-hybridized carbons (Fsp3) is 0.393. The minimum atomic E-state index is -0.156. The van der Waals surface area contributed by atoms with Gasteiger partial charge in [-0.05, 0) is 61.6 Å². The molecular weight excluding hydrogens is 428 g/mol. The average molecular weight is 461 g/mol. The summed E-state index contributed by atoms with van der Waals surface area (Å²) in [7, 11) is 1.65. The maximum Gasteiger partial charge on any atom is 0.231 e. The third kappa shape index (κ3) is 3.96. The Labute approximate surface area is 200 Å². The molecule has 0 bridgehead atoms. The number of hydrogen-bond donors (Lipinski definition) is 1. The normalized spacial score (nSPS) is 21.8. The summed E-state index contributed by atoms with van der Waals surface area (Å²) in [5, 5.41) is 11.7. The number of allylic oxidation sites excluding steroid dienone is 1.